The van der Waals surface area contributed by atoms with Crippen LogP contribution >= 0.6 is 0 Å². The average molecular weight is 149 g/mol. The summed E-state index contributed by atoms with van der Waals surface area (Å²) in [5, 5.41) is 8.17. The van der Waals surface area contributed by atoms with Gasteiger partial charge in [-0.25, -0.2) is 14.5 Å². The standard InChI is InChI=1S/C4H8N2O3.H3N/c1-2-6(3(5)7)4(8)9;/h2H2,1H3,(H2,5,7)(H,8,9);1H3. The van der Waals surface area contributed by atoms with Crippen molar-refractivity contribution >= 4 is 12.1 Å². The van der Waals surface area contributed by atoms with Crippen LogP contribution in [0.15, 0.2) is 0 Å². The summed E-state index contributed by atoms with van der Waals surface area (Å²) in [7, 11) is 0. The van der Waals surface area contributed by atoms with Crippen molar-refractivity contribution in [2.45, 2.75) is 6.92 Å². The summed E-state index contributed by atoms with van der Waals surface area (Å²) in [6.07, 6.45) is -1.31. The third-order valence-electron chi connectivity index (χ3n) is 0.813. The number of amides is 3. The minimum Gasteiger partial charge on any atom is -0.465 e. The van der Waals surface area contributed by atoms with Crippen molar-refractivity contribution in [1.29, 1.82) is 0 Å². The lowest BCUT2D eigenvalue weighted by atomic mass is 10.6. The van der Waals surface area contributed by atoms with Crippen LogP contribution in [0, 0.1) is 0 Å². The summed E-state index contributed by atoms with van der Waals surface area (Å²) < 4.78 is 0. The lowest BCUT2D eigenvalue weighted by Gasteiger charge is -2.09. The number of primary amides is 1. The van der Waals surface area contributed by atoms with Gasteiger partial charge < -0.3 is 17.0 Å². The molecule has 0 bridgehead atoms. The Morgan fingerprint density at radius 3 is 2.00 bits per heavy atom. The van der Waals surface area contributed by atoms with E-state index in [9.17, 15) is 9.59 Å². The predicted octanol–water partition coefficient (Wildman–Crippen LogP) is 0.227. The van der Waals surface area contributed by atoms with E-state index in [1.807, 2.05) is 0 Å². The SMILES string of the molecule is CCN(C(N)=O)C(=O)O.N. The highest BCUT2D eigenvalue weighted by Crippen LogP contribution is 1.85. The van der Waals surface area contributed by atoms with E-state index >= 15 is 0 Å². The van der Waals surface area contributed by atoms with Gasteiger partial charge in [-0.3, -0.25) is 0 Å². The van der Waals surface area contributed by atoms with Gasteiger partial charge in [0.05, 0.1) is 0 Å². The van der Waals surface area contributed by atoms with Gasteiger partial charge in [0.1, 0.15) is 0 Å². The van der Waals surface area contributed by atoms with E-state index in [0.29, 0.717) is 4.90 Å². The number of nitrogens with two attached hydrogens (primary N) is 1. The normalized spacial score (nSPS) is 7.70. The van der Waals surface area contributed by atoms with Gasteiger partial charge in [0, 0.05) is 6.54 Å². The highest BCUT2D eigenvalue weighted by Gasteiger charge is 2.13. The first-order valence-corrected chi connectivity index (χ1v) is 2.39. The lowest BCUT2D eigenvalue weighted by Crippen LogP contribution is -2.39. The number of imide groups is 1. The molecule has 6 heteroatoms. The molecule has 0 aromatic carbocycles. The fourth-order valence-corrected chi connectivity index (χ4v) is 0.385. The quantitative estimate of drug-likeness (QED) is 0.494. The Bertz CT molecular complexity index is 122. The molecule has 6 N–H and O–H groups in total. The molecule has 60 valence electrons. The zero-order valence-electron chi connectivity index (χ0n) is 5.70. The van der Waals surface area contributed by atoms with Crippen LogP contribution in [-0.2, 0) is 0 Å². The zero-order chi connectivity index (χ0) is 7.44. The summed E-state index contributed by atoms with van der Waals surface area (Å²) >= 11 is 0. The number of carbonyl (C=O) groups excluding carboxylic acids is 1. The van der Waals surface area contributed by atoms with Crippen LogP contribution in [0.5, 0.6) is 0 Å². The van der Waals surface area contributed by atoms with Crippen LogP contribution in [0.1, 0.15) is 6.92 Å². The van der Waals surface area contributed by atoms with E-state index in [2.05, 4.69) is 5.73 Å². The van der Waals surface area contributed by atoms with Gasteiger partial charge in [-0.1, -0.05) is 0 Å². The molecule has 3 amide bonds. The molecule has 0 rings (SSSR count). The van der Waals surface area contributed by atoms with Crippen molar-refractivity contribution in [2.24, 2.45) is 5.73 Å². The third kappa shape index (κ3) is 2.88. The molecular weight excluding hydrogens is 138 g/mol. The number of carbonyl (C=O) groups is 2. The minimum absolute atomic E-state index is 0. The first-order valence-electron chi connectivity index (χ1n) is 2.39. The molecule has 0 saturated carbocycles. The Morgan fingerprint density at radius 2 is 2.00 bits per heavy atom. The van der Waals surface area contributed by atoms with E-state index in [4.69, 9.17) is 5.11 Å². The van der Waals surface area contributed by atoms with Crippen LogP contribution in [0.25, 0.3) is 0 Å². The molecule has 0 fully saturated rings. The van der Waals surface area contributed by atoms with Crippen molar-refractivity contribution in [3.63, 3.8) is 0 Å². The molecule has 0 spiro atoms. The Labute approximate surface area is 58.2 Å². The molecule has 0 atom stereocenters. The topological polar surface area (TPSA) is 119 Å². The van der Waals surface area contributed by atoms with Gasteiger partial charge in [-0.15, -0.1) is 0 Å². The Morgan fingerprint density at radius 1 is 1.60 bits per heavy atom. The Hall–Kier alpha value is -1.30. The van der Waals surface area contributed by atoms with E-state index in [1.54, 1.807) is 0 Å². The molecule has 6 nitrogen and oxygen atoms in total. The predicted molar refractivity (Wildman–Crippen MR) is 35.0 cm³/mol. The van der Waals surface area contributed by atoms with E-state index in [-0.39, 0.29) is 12.7 Å². The van der Waals surface area contributed by atoms with Gasteiger partial charge in [-0.2, -0.15) is 0 Å². The van der Waals surface area contributed by atoms with Gasteiger partial charge in [0.2, 0.25) is 0 Å². The number of rotatable bonds is 1. The minimum atomic E-state index is -1.31. The highest BCUT2D eigenvalue weighted by atomic mass is 16.4. The van der Waals surface area contributed by atoms with Gasteiger partial charge in [-0.05, 0) is 6.92 Å². The molecule has 0 aromatic rings. The first-order chi connectivity index (χ1) is 4.09. The Kier molecular flexibility index (Phi) is 5.25. The van der Waals surface area contributed by atoms with E-state index in [0.717, 1.165) is 0 Å². The second-order valence-corrected chi connectivity index (χ2v) is 1.37. The first kappa shape index (κ1) is 11.5. The molecule has 0 radical (unpaired) electrons. The van der Waals surface area contributed by atoms with Gasteiger partial charge in [0.25, 0.3) is 0 Å². The van der Waals surface area contributed by atoms with Crippen molar-refractivity contribution in [3.05, 3.63) is 0 Å². The van der Waals surface area contributed by atoms with Crippen LogP contribution < -0.4 is 11.9 Å². The molecule has 0 unspecified atom stereocenters. The number of urea groups is 1. The molecular formula is C4H11N3O3. The monoisotopic (exact) mass is 149 g/mol. The number of hydrogen-bond donors (Lipinski definition) is 3. The average Bonchev–Trinajstić information content (AvgIpc) is 1.64. The fraction of sp³-hybridized carbons (Fsp3) is 0.500. The van der Waals surface area contributed by atoms with Crippen molar-refractivity contribution < 1.29 is 14.7 Å². The summed E-state index contributed by atoms with van der Waals surface area (Å²) in [5.41, 5.74) is 4.65. The van der Waals surface area contributed by atoms with Crippen LogP contribution in [0.3, 0.4) is 0 Å². The van der Waals surface area contributed by atoms with Crippen molar-refractivity contribution in [1.82, 2.24) is 11.1 Å². The zero-order valence-corrected chi connectivity index (χ0v) is 5.70. The maximum absolute atomic E-state index is 10.1. The second kappa shape index (κ2) is 4.57. The molecule has 0 aliphatic heterocycles. The van der Waals surface area contributed by atoms with Crippen molar-refractivity contribution in [3.8, 4) is 0 Å². The molecule has 10 heavy (non-hydrogen) atoms. The van der Waals surface area contributed by atoms with Gasteiger partial charge >= 0.3 is 12.1 Å². The van der Waals surface area contributed by atoms with Crippen molar-refractivity contribution in [2.75, 3.05) is 6.54 Å². The molecule has 0 aliphatic rings. The maximum Gasteiger partial charge on any atom is 0.415 e. The lowest BCUT2D eigenvalue weighted by molar-refractivity contribution is 0.153. The largest absolute Gasteiger partial charge is 0.465 e. The number of carboxylic acid groups (broad SMARTS) is 1. The molecule has 0 aliphatic carbocycles. The Balaban J connectivity index is 0. The molecule has 0 saturated heterocycles. The third-order valence-corrected chi connectivity index (χ3v) is 0.813. The van der Waals surface area contributed by atoms with Gasteiger partial charge in [0.15, 0.2) is 0 Å². The van der Waals surface area contributed by atoms with E-state index in [1.165, 1.54) is 6.92 Å². The second-order valence-electron chi connectivity index (χ2n) is 1.37. The summed E-state index contributed by atoms with van der Waals surface area (Å²) in [6.45, 7) is 1.61. The van der Waals surface area contributed by atoms with Crippen LogP contribution in [0.4, 0.5) is 9.59 Å². The number of nitrogens with zero attached hydrogens (tertiary/aromatic N) is 1. The molecule has 0 aromatic heterocycles. The highest BCUT2D eigenvalue weighted by molar-refractivity contribution is 5.88. The summed E-state index contributed by atoms with van der Waals surface area (Å²) in [6, 6.07) is -0.940. The van der Waals surface area contributed by atoms with Crippen LogP contribution in [0.2, 0.25) is 0 Å². The number of hydrogen-bond acceptors (Lipinski definition) is 3. The molecule has 0 heterocycles. The maximum atomic E-state index is 10.1. The summed E-state index contributed by atoms with van der Waals surface area (Å²) in [5.74, 6) is 0. The summed E-state index contributed by atoms with van der Waals surface area (Å²) in [4.78, 5) is 20.7. The van der Waals surface area contributed by atoms with E-state index < -0.39 is 12.1 Å². The van der Waals surface area contributed by atoms with Crippen LogP contribution in [-0.4, -0.2) is 28.7 Å². The smallest absolute Gasteiger partial charge is 0.415 e. The fourth-order valence-electron chi connectivity index (χ4n) is 0.385.